The second-order valence-corrected chi connectivity index (χ2v) is 9.79. The molecule has 0 saturated carbocycles. The summed E-state index contributed by atoms with van der Waals surface area (Å²) < 4.78 is 0. The Kier molecular flexibility index (Phi) is 13.8. The maximum absolute atomic E-state index is 12.8. The lowest BCUT2D eigenvalue weighted by molar-refractivity contribution is 0.0921. The van der Waals surface area contributed by atoms with Crippen LogP contribution < -0.4 is 22.1 Å². The number of unbranched alkanes of at least 4 members (excludes halogenated alkanes) is 11. The topological polar surface area (TPSA) is 93.2 Å². The molecule has 5 heteroatoms. The Labute approximate surface area is 207 Å². The quantitative estimate of drug-likeness (QED) is 0.163. The molecule has 2 aromatic carbocycles. The first kappa shape index (κ1) is 28.3. The molecule has 0 saturated heterocycles. The van der Waals surface area contributed by atoms with Gasteiger partial charge in [0.15, 0.2) is 0 Å². The van der Waals surface area contributed by atoms with Crippen molar-refractivity contribution in [1.82, 2.24) is 10.6 Å². The summed E-state index contributed by atoms with van der Waals surface area (Å²) >= 11 is 0. The van der Waals surface area contributed by atoms with Gasteiger partial charge in [0.1, 0.15) is 0 Å². The third-order valence-electron chi connectivity index (χ3n) is 6.67. The lowest BCUT2D eigenvalue weighted by Gasteiger charge is -2.29. The average molecular weight is 469 g/mol. The van der Waals surface area contributed by atoms with E-state index in [2.05, 4.69) is 17.6 Å². The lowest BCUT2D eigenvalue weighted by atomic mass is 10.0. The van der Waals surface area contributed by atoms with Crippen molar-refractivity contribution in [3.63, 3.8) is 0 Å². The van der Waals surface area contributed by atoms with E-state index in [1.165, 1.54) is 70.6 Å². The second kappa shape index (κ2) is 16.6. The highest BCUT2D eigenvalue weighted by atomic mass is 16.1. The van der Waals surface area contributed by atoms with E-state index in [1.807, 2.05) is 49.4 Å². The molecule has 0 aliphatic heterocycles. The monoisotopic (exact) mass is 468 g/mol. The van der Waals surface area contributed by atoms with Crippen LogP contribution in [0.5, 0.6) is 0 Å². The predicted octanol–water partition coefficient (Wildman–Crippen LogP) is 5.86. The van der Waals surface area contributed by atoms with E-state index < -0.39 is 0 Å². The minimum atomic E-state index is -0.378. The molecule has 34 heavy (non-hydrogen) atoms. The zero-order chi connectivity index (χ0) is 24.6. The van der Waals surface area contributed by atoms with Crippen LogP contribution in [0.1, 0.15) is 101 Å². The third-order valence-corrected chi connectivity index (χ3v) is 6.67. The number of rotatable bonds is 18. The fourth-order valence-corrected chi connectivity index (χ4v) is 4.48. The molecule has 1 amide bonds. The van der Waals surface area contributed by atoms with Gasteiger partial charge >= 0.3 is 0 Å². The van der Waals surface area contributed by atoms with Crippen molar-refractivity contribution < 1.29 is 4.79 Å². The van der Waals surface area contributed by atoms with Gasteiger partial charge in [-0.2, -0.15) is 0 Å². The number of nitrogens with two attached hydrogens (primary N) is 2. The molecule has 0 fully saturated rings. The van der Waals surface area contributed by atoms with Crippen LogP contribution in [0.25, 0.3) is 10.8 Å². The van der Waals surface area contributed by atoms with Crippen LogP contribution in [0.3, 0.4) is 0 Å². The molecule has 6 N–H and O–H groups in total. The molecule has 5 nitrogen and oxygen atoms in total. The summed E-state index contributed by atoms with van der Waals surface area (Å²) in [4.78, 5) is 12.8. The lowest BCUT2D eigenvalue weighted by Crippen LogP contribution is -2.61. The molecule has 0 heterocycles. The molecular formula is C29H48N4O. The molecule has 3 unspecified atom stereocenters. The summed E-state index contributed by atoms with van der Waals surface area (Å²) in [6, 6.07) is 13.2. The first-order valence-corrected chi connectivity index (χ1v) is 13.6. The Morgan fingerprint density at radius 3 is 1.94 bits per heavy atom. The maximum Gasteiger partial charge on any atom is 0.251 e. The van der Waals surface area contributed by atoms with Gasteiger partial charge in [0.2, 0.25) is 0 Å². The smallest absolute Gasteiger partial charge is 0.251 e. The Morgan fingerprint density at radius 2 is 1.35 bits per heavy atom. The van der Waals surface area contributed by atoms with Crippen LogP contribution in [-0.4, -0.2) is 30.7 Å². The normalized spacial score (nSPS) is 14.1. The first-order valence-electron chi connectivity index (χ1n) is 13.6. The maximum atomic E-state index is 12.8. The highest BCUT2D eigenvalue weighted by molar-refractivity contribution is 5.98. The Morgan fingerprint density at radius 1 is 0.794 bits per heavy atom. The van der Waals surface area contributed by atoms with E-state index in [9.17, 15) is 4.79 Å². The second-order valence-electron chi connectivity index (χ2n) is 9.79. The molecule has 0 aromatic heterocycles. The van der Waals surface area contributed by atoms with E-state index in [0.717, 1.165) is 23.7 Å². The van der Waals surface area contributed by atoms with Crippen molar-refractivity contribution in [3.05, 3.63) is 48.0 Å². The number of fused-ring (bicyclic) bond motifs is 1. The summed E-state index contributed by atoms with van der Waals surface area (Å²) in [6.07, 6.45) is 15.6. The average Bonchev–Trinajstić information content (AvgIpc) is 2.84. The van der Waals surface area contributed by atoms with Crippen molar-refractivity contribution in [2.75, 3.05) is 6.54 Å². The third kappa shape index (κ3) is 10.5. The van der Waals surface area contributed by atoms with E-state index in [0.29, 0.717) is 5.56 Å². The predicted molar refractivity (Wildman–Crippen MR) is 146 cm³/mol. The zero-order valence-electron chi connectivity index (χ0n) is 21.5. The van der Waals surface area contributed by atoms with E-state index in [-0.39, 0.29) is 24.2 Å². The van der Waals surface area contributed by atoms with Gasteiger partial charge in [-0.1, -0.05) is 108 Å². The van der Waals surface area contributed by atoms with Gasteiger partial charge < -0.3 is 22.1 Å². The summed E-state index contributed by atoms with van der Waals surface area (Å²) in [5, 5.41) is 8.57. The van der Waals surface area contributed by atoms with Gasteiger partial charge in [0.05, 0.1) is 12.2 Å². The number of carbonyl (C=O) groups is 1. The van der Waals surface area contributed by atoms with Gasteiger partial charge in [-0.15, -0.1) is 0 Å². The molecule has 0 aliphatic carbocycles. The number of hydrogen-bond donors (Lipinski definition) is 4. The van der Waals surface area contributed by atoms with Crippen LogP contribution in [0.15, 0.2) is 42.5 Å². The Bertz CT molecular complexity index is 823. The minimum absolute atomic E-state index is 0.143. The van der Waals surface area contributed by atoms with Gasteiger partial charge in [0.25, 0.3) is 5.91 Å². The van der Waals surface area contributed by atoms with Gasteiger partial charge in [-0.3, -0.25) is 4.79 Å². The number of nitrogens with one attached hydrogen (secondary N) is 2. The van der Waals surface area contributed by atoms with Gasteiger partial charge in [0, 0.05) is 11.6 Å². The molecule has 2 rings (SSSR count). The van der Waals surface area contributed by atoms with Crippen molar-refractivity contribution >= 4 is 16.7 Å². The molecule has 0 bridgehead atoms. The number of amides is 1. The van der Waals surface area contributed by atoms with Crippen molar-refractivity contribution in [2.24, 2.45) is 11.5 Å². The Hall–Kier alpha value is -1.95. The van der Waals surface area contributed by atoms with E-state index in [4.69, 9.17) is 11.5 Å². The minimum Gasteiger partial charge on any atom is -0.345 e. The van der Waals surface area contributed by atoms with Crippen LogP contribution >= 0.6 is 0 Å². The van der Waals surface area contributed by atoms with Crippen molar-refractivity contribution in [3.8, 4) is 0 Å². The van der Waals surface area contributed by atoms with Gasteiger partial charge in [-0.05, 0) is 42.8 Å². The number of carbonyl (C=O) groups excluding carboxylic acids is 1. The molecule has 3 atom stereocenters. The van der Waals surface area contributed by atoms with Crippen molar-refractivity contribution in [2.45, 2.75) is 109 Å². The molecule has 0 spiro atoms. The number of hydrogen-bond acceptors (Lipinski definition) is 4. The Balaban J connectivity index is 1.62. The largest absolute Gasteiger partial charge is 0.345 e. The summed E-state index contributed by atoms with van der Waals surface area (Å²) in [7, 11) is 0. The molecule has 2 aromatic rings. The summed E-state index contributed by atoms with van der Waals surface area (Å²) in [5.41, 5.74) is 13.2. The van der Waals surface area contributed by atoms with Crippen LogP contribution in [-0.2, 0) is 0 Å². The zero-order valence-corrected chi connectivity index (χ0v) is 21.5. The molecule has 0 radical (unpaired) electrons. The fraction of sp³-hybridized carbons (Fsp3) is 0.621. The highest BCUT2D eigenvalue weighted by Gasteiger charge is 2.24. The van der Waals surface area contributed by atoms with Crippen LogP contribution in [0, 0.1) is 0 Å². The van der Waals surface area contributed by atoms with Crippen molar-refractivity contribution in [1.29, 1.82) is 0 Å². The van der Waals surface area contributed by atoms with Crippen LogP contribution in [0.2, 0.25) is 0 Å². The van der Waals surface area contributed by atoms with E-state index in [1.54, 1.807) is 0 Å². The highest BCUT2D eigenvalue weighted by Crippen LogP contribution is 2.16. The van der Waals surface area contributed by atoms with E-state index >= 15 is 0 Å². The number of benzene rings is 2. The van der Waals surface area contributed by atoms with Crippen LogP contribution in [0.4, 0.5) is 0 Å². The molecule has 0 aliphatic rings. The standard InChI is InChI=1S/C29H48N4O/c1-3-4-5-6-7-8-9-10-11-12-13-16-21-32-28(31)27(23(2)30)33-29(34)26-20-19-24-17-14-15-18-25(24)22-26/h14-15,17-20,22-23,27-28,32H,3-13,16,21,30-31H2,1-2H3,(H,33,34). The molecule has 190 valence electrons. The SMILES string of the molecule is CCCCCCCCCCCCCCNC(N)C(NC(=O)c1ccc2ccccc2c1)C(C)N. The fourth-order valence-electron chi connectivity index (χ4n) is 4.48. The molecular weight excluding hydrogens is 420 g/mol. The summed E-state index contributed by atoms with van der Waals surface area (Å²) in [6.45, 7) is 5.00. The first-order chi connectivity index (χ1) is 16.5. The van der Waals surface area contributed by atoms with Gasteiger partial charge in [-0.25, -0.2) is 0 Å². The summed E-state index contributed by atoms with van der Waals surface area (Å²) in [5.74, 6) is -0.143.